The summed E-state index contributed by atoms with van der Waals surface area (Å²) in [5.41, 5.74) is 2.11. The lowest BCUT2D eigenvalue weighted by Crippen LogP contribution is -2.30. The van der Waals surface area contributed by atoms with E-state index < -0.39 is 0 Å². The molecule has 6 heteroatoms. The Hall–Kier alpha value is -1.14. The number of nitrogens with one attached hydrogen (secondary N) is 1. The van der Waals surface area contributed by atoms with Gasteiger partial charge in [0.05, 0.1) is 7.11 Å². The van der Waals surface area contributed by atoms with Crippen LogP contribution in [0.3, 0.4) is 0 Å². The Balaban J connectivity index is 3.34. The molecule has 0 saturated carbocycles. The highest BCUT2D eigenvalue weighted by Gasteiger charge is 1.96. The van der Waals surface area contributed by atoms with Crippen LogP contribution in [0.1, 0.15) is 0 Å². The minimum atomic E-state index is -0.250. The Morgan fingerprint density at radius 2 is 2.33 bits per heavy atom. The van der Waals surface area contributed by atoms with Crippen molar-refractivity contribution < 1.29 is 4.84 Å². The summed E-state index contributed by atoms with van der Waals surface area (Å²) in [6, 6.07) is 1.39. The van der Waals surface area contributed by atoms with Crippen LogP contribution in [0.4, 0.5) is 0 Å². The molecule has 0 fully saturated rings. The molecule has 1 aromatic heterocycles. The Morgan fingerprint density at radius 1 is 1.67 bits per heavy atom. The van der Waals surface area contributed by atoms with Gasteiger partial charge in [0, 0.05) is 19.3 Å². The minimum absolute atomic E-state index is 0.250. The third-order valence-electron chi connectivity index (χ3n) is 1.34. The number of aryl methyl sites for hydroxylation is 1. The zero-order valence-corrected chi connectivity index (χ0v) is 7.59. The number of nitrogens with zero attached hydrogens (tertiary/aromatic N) is 2. The van der Waals surface area contributed by atoms with Crippen LogP contribution in [0.25, 0.3) is 0 Å². The van der Waals surface area contributed by atoms with Crippen molar-refractivity contribution in [1.29, 1.82) is 0 Å². The molecule has 5 nitrogen and oxygen atoms in total. The monoisotopic (exact) mass is 187 g/mol. The first kappa shape index (κ1) is 8.95. The number of hydrogen-bond donors (Lipinski definition) is 1. The van der Waals surface area contributed by atoms with E-state index in [1.165, 1.54) is 13.2 Å². The van der Waals surface area contributed by atoms with Crippen molar-refractivity contribution in [2.24, 2.45) is 7.05 Å². The maximum atomic E-state index is 11.1. The van der Waals surface area contributed by atoms with Gasteiger partial charge in [-0.2, -0.15) is 10.3 Å². The largest absolute Gasteiger partial charge is 0.327 e. The van der Waals surface area contributed by atoms with Crippen LogP contribution in [0.2, 0.25) is 0 Å². The molecular formula is C6H9N3O2S. The number of aromatic nitrogens is 2. The molecule has 66 valence electrons. The second-order valence-electron chi connectivity index (χ2n) is 2.18. The molecule has 1 N–H and O–H groups in total. The average Bonchev–Trinajstić information content (AvgIpc) is 2.06. The molecule has 1 rings (SSSR count). The SMILES string of the molecule is CONn1c(=O)ccn(C)c1=S. The Labute approximate surface area is 74.1 Å². The van der Waals surface area contributed by atoms with Crippen molar-refractivity contribution >= 4 is 12.2 Å². The Morgan fingerprint density at radius 3 is 2.92 bits per heavy atom. The molecule has 1 heterocycles. The van der Waals surface area contributed by atoms with Crippen LogP contribution in [0, 0.1) is 4.77 Å². The Bertz CT molecular complexity index is 381. The summed E-state index contributed by atoms with van der Waals surface area (Å²) in [4.78, 5) is 15.7. The molecule has 0 unspecified atom stereocenters. The summed E-state index contributed by atoms with van der Waals surface area (Å²) < 4.78 is 3.11. The molecule has 0 spiro atoms. The van der Waals surface area contributed by atoms with Gasteiger partial charge in [0.1, 0.15) is 0 Å². The second-order valence-corrected chi connectivity index (χ2v) is 2.54. The summed E-state index contributed by atoms with van der Waals surface area (Å²) in [6.45, 7) is 0. The van der Waals surface area contributed by atoms with Crippen LogP contribution < -0.4 is 11.1 Å². The third-order valence-corrected chi connectivity index (χ3v) is 1.81. The van der Waals surface area contributed by atoms with E-state index in [1.54, 1.807) is 17.8 Å². The lowest BCUT2D eigenvalue weighted by molar-refractivity contribution is 0.214. The van der Waals surface area contributed by atoms with Gasteiger partial charge in [0.15, 0.2) is 0 Å². The maximum absolute atomic E-state index is 11.1. The quantitative estimate of drug-likeness (QED) is 0.524. The summed E-state index contributed by atoms with van der Waals surface area (Å²) in [7, 11) is 3.16. The lowest BCUT2D eigenvalue weighted by Gasteiger charge is -2.07. The number of rotatable bonds is 2. The van der Waals surface area contributed by atoms with E-state index >= 15 is 0 Å². The topological polar surface area (TPSA) is 48.2 Å². The second kappa shape index (κ2) is 3.51. The van der Waals surface area contributed by atoms with E-state index in [4.69, 9.17) is 12.2 Å². The molecular weight excluding hydrogens is 178 g/mol. The van der Waals surface area contributed by atoms with E-state index in [0.29, 0.717) is 4.77 Å². The van der Waals surface area contributed by atoms with Gasteiger partial charge in [-0.1, -0.05) is 0 Å². The Kier molecular flexibility index (Phi) is 2.61. The molecule has 0 aliphatic rings. The van der Waals surface area contributed by atoms with Crippen molar-refractivity contribution in [3.8, 4) is 0 Å². The van der Waals surface area contributed by atoms with Gasteiger partial charge < -0.3 is 4.57 Å². The van der Waals surface area contributed by atoms with Gasteiger partial charge in [0.25, 0.3) is 5.56 Å². The standard InChI is InChI=1S/C6H9N3O2S/c1-8-4-3-5(10)9(6(8)12)7-11-2/h3-4,7H,1-2H3. The summed E-state index contributed by atoms with van der Waals surface area (Å²) in [6.07, 6.45) is 1.60. The van der Waals surface area contributed by atoms with E-state index in [2.05, 4.69) is 10.4 Å². The molecule has 0 saturated heterocycles. The third kappa shape index (κ3) is 1.54. The highest BCUT2D eigenvalue weighted by Crippen LogP contribution is 1.83. The van der Waals surface area contributed by atoms with Gasteiger partial charge in [-0.15, -0.1) is 0 Å². The highest BCUT2D eigenvalue weighted by atomic mass is 32.1. The van der Waals surface area contributed by atoms with Gasteiger partial charge >= 0.3 is 0 Å². The minimum Gasteiger partial charge on any atom is -0.327 e. The maximum Gasteiger partial charge on any atom is 0.274 e. The zero-order valence-electron chi connectivity index (χ0n) is 6.77. The smallest absolute Gasteiger partial charge is 0.274 e. The van der Waals surface area contributed by atoms with Crippen LogP contribution in [0.15, 0.2) is 17.1 Å². The lowest BCUT2D eigenvalue weighted by atomic mass is 10.6. The normalized spacial score (nSPS) is 9.83. The summed E-state index contributed by atoms with van der Waals surface area (Å²) in [5, 5.41) is 0. The number of hydrogen-bond acceptors (Lipinski definition) is 4. The van der Waals surface area contributed by atoms with E-state index in [1.807, 2.05) is 0 Å². The average molecular weight is 187 g/mol. The predicted molar refractivity (Wildman–Crippen MR) is 46.9 cm³/mol. The van der Waals surface area contributed by atoms with Crippen molar-refractivity contribution in [2.75, 3.05) is 12.7 Å². The zero-order chi connectivity index (χ0) is 9.14. The van der Waals surface area contributed by atoms with Crippen LogP contribution >= 0.6 is 12.2 Å². The fourth-order valence-corrected chi connectivity index (χ4v) is 0.929. The van der Waals surface area contributed by atoms with Gasteiger partial charge in [-0.3, -0.25) is 9.63 Å². The molecule has 0 radical (unpaired) electrons. The molecule has 0 aromatic carbocycles. The highest BCUT2D eigenvalue weighted by molar-refractivity contribution is 7.71. The first-order valence-electron chi connectivity index (χ1n) is 3.24. The molecule has 0 amide bonds. The van der Waals surface area contributed by atoms with Gasteiger partial charge in [-0.25, -0.2) is 0 Å². The van der Waals surface area contributed by atoms with E-state index in [-0.39, 0.29) is 5.56 Å². The molecule has 0 aliphatic carbocycles. The summed E-state index contributed by atoms with van der Waals surface area (Å²) in [5.74, 6) is 0. The van der Waals surface area contributed by atoms with Crippen LogP contribution in [-0.2, 0) is 11.9 Å². The fourth-order valence-electron chi connectivity index (χ4n) is 0.741. The van der Waals surface area contributed by atoms with Crippen molar-refractivity contribution in [1.82, 2.24) is 9.24 Å². The van der Waals surface area contributed by atoms with E-state index in [0.717, 1.165) is 4.68 Å². The first-order valence-corrected chi connectivity index (χ1v) is 3.65. The van der Waals surface area contributed by atoms with E-state index in [9.17, 15) is 4.79 Å². The first-order chi connectivity index (χ1) is 5.66. The molecule has 0 bridgehead atoms. The molecule has 0 aliphatic heterocycles. The van der Waals surface area contributed by atoms with Crippen LogP contribution in [0.5, 0.6) is 0 Å². The molecule has 0 atom stereocenters. The fraction of sp³-hybridized carbons (Fsp3) is 0.333. The van der Waals surface area contributed by atoms with Gasteiger partial charge in [-0.05, 0) is 12.2 Å². The predicted octanol–water partition coefficient (Wildman–Crippen LogP) is 0.0212. The molecule has 12 heavy (non-hydrogen) atoms. The van der Waals surface area contributed by atoms with Crippen molar-refractivity contribution in [3.63, 3.8) is 0 Å². The summed E-state index contributed by atoms with van der Waals surface area (Å²) >= 11 is 4.93. The molecule has 1 aromatic rings. The van der Waals surface area contributed by atoms with Crippen molar-refractivity contribution in [3.05, 3.63) is 27.4 Å². The van der Waals surface area contributed by atoms with Crippen LogP contribution in [-0.4, -0.2) is 16.4 Å². The van der Waals surface area contributed by atoms with Gasteiger partial charge in [0.2, 0.25) is 4.77 Å². The van der Waals surface area contributed by atoms with Crippen molar-refractivity contribution in [2.45, 2.75) is 0 Å².